The number of nitrogens with zero attached hydrogens (tertiary/aromatic N) is 4. The molecule has 1 saturated carbocycles. The van der Waals surface area contributed by atoms with Crippen LogP contribution in [0.4, 0.5) is 18.9 Å². The molecule has 0 radical (unpaired) electrons. The van der Waals surface area contributed by atoms with Gasteiger partial charge in [-0.2, -0.15) is 18.2 Å². The Morgan fingerprint density at radius 1 is 1.26 bits per heavy atom. The van der Waals surface area contributed by atoms with Gasteiger partial charge >= 0.3 is 6.18 Å². The summed E-state index contributed by atoms with van der Waals surface area (Å²) < 4.78 is 51.4. The third kappa shape index (κ3) is 4.87. The first-order valence-electron chi connectivity index (χ1n) is 11.1. The number of carbonyl (C=O) groups excluding carboxylic acids is 1. The third-order valence-corrected chi connectivity index (χ3v) is 6.28. The molecule has 182 valence electrons. The number of hydrogen-bond acceptors (Lipinski definition) is 7. The highest BCUT2D eigenvalue weighted by atomic mass is 19.4. The van der Waals surface area contributed by atoms with E-state index < -0.39 is 12.7 Å². The Balaban J connectivity index is 1.25. The topological polar surface area (TPSA) is 111 Å². The van der Waals surface area contributed by atoms with Gasteiger partial charge in [0.25, 0.3) is 0 Å². The number of amides is 1. The maximum atomic E-state index is 13.2. The van der Waals surface area contributed by atoms with E-state index in [1.807, 2.05) is 0 Å². The molecule has 0 bridgehead atoms. The maximum Gasteiger partial charge on any atom is 0.406 e. The summed E-state index contributed by atoms with van der Waals surface area (Å²) in [4.78, 5) is 19.0. The monoisotopic (exact) mass is 478 g/mol. The number of benzene rings is 1. The molecule has 12 heteroatoms. The second kappa shape index (κ2) is 8.91. The number of fused-ring (bicyclic) bond motifs is 1. The number of nitrogen functional groups attached to an aromatic ring is 1. The summed E-state index contributed by atoms with van der Waals surface area (Å²) in [6.45, 7) is 2.86. The van der Waals surface area contributed by atoms with Gasteiger partial charge in [0.2, 0.25) is 17.6 Å². The van der Waals surface area contributed by atoms with Crippen molar-refractivity contribution in [3.8, 4) is 11.5 Å². The van der Waals surface area contributed by atoms with E-state index >= 15 is 0 Å². The number of nitrogens with one attached hydrogen (secondary N) is 1. The first kappa shape index (κ1) is 22.7. The molecule has 3 heterocycles. The van der Waals surface area contributed by atoms with E-state index in [0.717, 1.165) is 43.8 Å². The summed E-state index contributed by atoms with van der Waals surface area (Å²) in [5.41, 5.74) is 6.77. The van der Waals surface area contributed by atoms with Crippen LogP contribution in [0.1, 0.15) is 12.3 Å². The van der Waals surface area contributed by atoms with Crippen molar-refractivity contribution >= 4 is 22.5 Å². The van der Waals surface area contributed by atoms with Gasteiger partial charge in [0.15, 0.2) is 0 Å². The van der Waals surface area contributed by atoms with Gasteiger partial charge in [-0.1, -0.05) is 11.2 Å². The minimum Gasteiger partial charge on any atom is -0.398 e. The van der Waals surface area contributed by atoms with Crippen molar-refractivity contribution in [3.63, 3.8) is 0 Å². The fourth-order valence-electron chi connectivity index (χ4n) is 4.45. The van der Waals surface area contributed by atoms with E-state index in [1.54, 1.807) is 18.2 Å². The van der Waals surface area contributed by atoms with E-state index in [0.29, 0.717) is 22.5 Å². The molecule has 1 aliphatic carbocycles. The summed E-state index contributed by atoms with van der Waals surface area (Å²) in [5, 5.41) is 7.12. The molecule has 1 aliphatic heterocycles. The van der Waals surface area contributed by atoms with Crippen LogP contribution in [0.15, 0.2) is 28.8 Å². The third-order valence-electron chi connectivity index (χ3n) is 6.28. The smallest absolute Gasteiger partial charge is 0.398 e. The Morgan fingerprint density at radius 2 is 2.06 bits per heavy atom. The van der Waals surface area contributed by atoms with E-state index in [2.05, 4.69) is 20.4 Å². The lowest BCUT2D eigenvalue weighted by molar-refractivity contribution is -0.139. The number of aromatic nitrogens is 3. The van der Waals surface area contributed by atoms with Crippen LogP contribution in [-0.2, 0) is 22.6 Å². The lowest BCUT2D eigenvalue weighted by Gasteiger charge is -2.26. The average molecular weight is 478 g/mol. The van der Waals surface area contributed by atoms with Crippen molar-refractivity contribution in [1.82, 2.24) is 24.9 Å². The van der Waals surface area contributed by atoms with Crippen molar-refractivity contribution in [2.45, 2.75) is 25.7 Å². The number of anilines is 1. The van der Waals surface area contributed by atoms with Crippen LogP contribution in [0, 0.1) is 11.8 Å². The predicted octanol–water partition coefficient (Wildman–Crippen LogP) is 2.42. The van der Waals surface area contributed by atoms with Crippen molar-refractivity contribution in [2.24, 2.45) is 11.8 Å². The van der Waals surface area contributed by atoms with Crippen LogP contribution >= 0.6 is 0 Å². The molecular weight excluding hydrogens is 453 g/mol. The van der Waals surface area contributed by atoms with E-state index in [9.17, 15) is 18.0 Å². The summed E-state index contributed by atoms with van der Waals surface area (Å²) >= 11 is 0. The lowest BCUT2D eigenvalue weighted by Crippen LogP contribution is -2.38. The minimum atomic E-state index is -4.45. The van der Waals surface area contributed by atoms with Gasteiger partial charge in [0.1, 0.15) is 6.54 Å². The molecule has 2 atom stereocenters. The summed E-state index contributed by atoms with van der Waals surface area (Å²) in [6, 6.07) is 6.29. The largest absolute Gasteiger partial charge is 0.406 e. The number of hydrogen-bond donors (Lipinski definition) is 2. The van der Waals surface area contributed by atoms with E-state index in [4.69, 9.17) is 15.0 Å². The molecule has 2 aliphatic rings. The van der Waals surface area contributed by atoms with Crippen LogP contribution in [-0.4, -0.2) is 64.5 Å². The minimum absolute atomic E-state index is 0.000662. The zero-order valence-electron chi connectivity index (χ0n) is 18.3. The molecule has 5 rings (SSSR count). The van der Waals surface area contributed by atoms with Crippen LogP contribution in [0.25, 0.3) is 22.4 Å². The molecule has 34 heavy (non-hydrogen) atoms. The highest BCUT2D eigenvalue weighted by Gasteiger charge is 2.43. The number of halogens is 3. The predicted molar refractivity (Wildman–Crippen MR) is 116 cm³/mol. The fourth-order valence-corrected chi connectivity index (χ4v) is 4.45. The Morgan fingerprint density at radius 3 is 2.82 bits per heavy atom. The normalized spacial score (nSPS) is 21.1. The molecule has 1 amide bonds. The summed E-state index contributed by atoms with van der Waals surface area (Å²) in [6.07, 6.45) is -3.62. The van der Waals surface area contributed by atoms with Gasteiger partial charge in [0, 0.05) is 36.6 Å². The standard InChI is InChI=1S/C22H25F3N6O3/c23-22(24,25)12-31-17-3-1-2-16(26)15(17)9-18(31)20-28-19(34-29-20)10-27-21(32)14-8-13(14)11-30-4-6-33-7-5-30/h1-3,9,13-14H,4-8,10-12,26H2,(H,27,32)/t13-,14+/m0/s1. The molecule has 0 spiro atoms. The van der Waals surface area contributed by atoms with Gasteiger partial charge < -0.3 is 24.9 Å². The van der Waals surface area contributed by atoms with Crippen molar-refractivity contribution in [3.05, 3.63) is 30.2 Å². The van der Waals surface area contributed by atoms with Crippen molar-refractivity contribution < 1.29 is 27.2 Å². The SMILES string of the molecule is Nc1cccc2c1cc(-c1noc(CNC(=O)[C@@H]3C[C@H]3CN3CCOCC3)n1)n2CC(F)(F)F. The number of rotatable bonds is 7. The molecular formula is C22H25F3N6O3. The number of ether oxygens (including phenoxy) is 1. The zero-order valence-corrected chi connectivity index (χ0v) is 18.3. The van der Waals surface area contributed by atoms with Crippen LogP contribution < -0.4 is 11.1 Å². The van der Waals surface area contributed by atoms with Gasteiger partial charge in [-0.25, -0.2) is 0 Å². The number of alkyl halides is 3. The van der Waals surface area contributed by atoms with Gasteiger partial charge in [-0.15, -0.1) is 0 Å². The molecule has 1 saturated heterocycles. The van der Waals surface area contributed by atoms with Gasteiger partial charge in [-0.3, -0.25) is 9.69 Å². The van der Waals surface area contributed by atoms with E-state index in [-0.39, 0.29) is 35.8 Å². The van der Waals surface area contributed by atoms with Crippen molar-refractivity contribution in [1.29, 1.82) is 0 Å². The molecule has 9 nitrogen and oxygen atoms in total. The van der Waals surface area contributed by atoms with Crippen LogP contribution in [0.5, 0.6) is 0 Å². The molecule has 1 aromatic carbocycles. The second-order valence-electron chi connectivity index (χ2n) is 8.76. The quantitative estimate of drug-likeness (QED) is 0.502. The van der Waals surface area contributed by atoms with Crippen molar-refractivity contribution in [2.75, 3.05) is 38.6 Å². The highest BCUT2D eigenvalue weighted by Crippen LogP contribution is 2.39. The van der Waals surface area contributed by atoms with Crippen LogP contribution in [0.3, 0.4) is 0 Å². The Labute approximate surface area is 193 Å². The van der Waals surface area contributed by atoms with Gasteiger partial charge in [-0.05, 0) is 30.5 Å². The average Bonchev–Trinajstić information content (AvgIpc) is 3.23. The number of morpholine rings is 1. The van der Waals surface area contributed by atoms with Gasteiger partial charge in [0.05, 0.1) is 31.0 Å². The Kier molecular flexibility index (Phi) is 5.94. The Hall–Kier alpha value is -3.12. The number of nitrogens with two attached hydrogens (primary N) is 1. The lowest BCUT2D eigenvalue weighted by atomic mass is 10.2. The molecule has 2 aromatic heterocycles. The molecule has 2 fully saturated rings. The maximum absolute atomic E-state index is 13.2. The molecule has 0 unspecified atom stereocenters. The number of carbonyl (C=O) groups is 1. The zero-order chi connectivity index (χ0) is 23.9. The second-order valence-corrected chi connectivity index (χ2v) is 8.76. The molecule has 3 aromatic rings. The molecule has 3 N–H and O–H groups in total. The summed E-state index contributed by atoms with van der Waals surface area (Å²) in [7, 11) is 0. The first-order valence-corrected chi connectivity index (χ1v) is 11.1. The van der Waals surface area contributed by atoms with E-state index in [1.165, 1.54) is 6.07 Å². The Bertz CT molecular complexity index is 1180. The fraction of sp³-hybridized carbons (Fsp3) is 0.500. The van der Waals surface area contributed by atoms with Crippen LogP contribution in [0.2, 0.25) is 0 Å². The highest BCUT2D eigenvalue weighted by molar-refractivity contribution is 5.95. The first-order chi connectivity index (χ1) is 16.3. The summed E-state index contributed by atoms with van der Waals surface area (Å²) in [5.74, 6) is 0.297.